The van der Waals surface area contributed by atoms with E-state index in [9.17, 15) is 14.4 Å². The molecule has 0 unspecified atom stereocenters. The number of carbonyl (C=O) groups is 3. The predicted octanol–water partition coefficient (Wildman–Crippen LogP) is 2.74. The van der Waals surface area contributed by atoms with E-state index in [2.05, 4.69) is 16.0 Å². The maximum Gasteiger partial charge on any atom is 0.243 e. The molecule has 0 bridgehead atoms. The minimum Gasteiger partial charge on any atom is -0.345 e. The van der Waals surface area contributed by atoms with Crippen molar-refractivity contribution in [2.45, 2.75) is 40.2 Å². The third kappa shape index (κ3) is 6.75. The standard InChI is InChI=1S/C23H29N3O3/c1-15(2)21(25-19(27)13-18-11-6-5-7-12-18)23(29)24-14-20(28)26-22-16(3)9-8-10-17(22)4/h5-12,15,21H,13-14H2,1-4H3,(H,24,29)(H,25,27)(H,26,28)/t21-/m1/s1. The summed E-state index contributed by atoms with van der Waals surface area (Å²) in [5.74, 6) is -1.03. The first-order chi connectivity index (χ1) is 13.8. The Morgan fingerprint density at radius 2 is 1.48 bits per heavy atom. The summed E-state index contributed by atoms with van der Waals surface area (Å²) >= 11 is 0. The average molecular weight is 396 g/mol. The molecule has 6 heteroatoms. The van der Waals surface area contributed by atoms with Gasteiger partial charge in [-0.3, -0.25) is 14.4 Å². The van der Waals surface area contributed by atoms with Crippen LogP contribution in [-0.4, -0.2) is 30.3 Å². The maximum atomic E-state index is 12.6. The van der Waals surface area contributed by atoms with Crippen molar-refractivity contribution < 1.29 is 14.4 Å². The first kappa shape index (κ1) is 22.1. The second-order valence-electron chi connectivity index (χ2n) is 7.48. The molecule has 0 spiro atoms. The van der Waals surface area contributed by atoms with Crippen LogP contribution in [0.2, 0.25) is 0 Å². The lowest BCUT2D eigenvalue weighted by Gasteiger charge is -2.22. The molecule has 154 valence electrons. The van der Waals surface area contributed by atoms with E-state index < -0.39 is 6.04 Å². The van der Waals surface area contributed by atoms with Crippen molar-refractivity contribution in [1.29, 1.82) is 0 Å². The summed E-state index contributed by atoms with van der Waals surface area (Å²) in [7, 11) is 0. The third-order valence-corrected chi connectivity index (χ3v) is 4.64. The quantitative estimate of drug-likeness (QED) is 0.642. The van der Waals surface area contributed by atoms with Crippen LogP contribution in [0, 0.1) is 19.8 Å². The van der Waals surface area contributed by atoms with E-state index in [0.29, 0.717) is 0 Å². The smallest absolute Gasteiger partial charge is 0.243 e. The number of hydrogen-bond donors (Lipinski definition) is 3. The van der Waals surface area contributed by atoms with Crippen LogP contribution in [0.15, 0.2) is 48.5 Å². The lowest BCUT2D eigenvalue weighted by Crippen LogP contribution is -2.51. The predicted molar refractivity (Wildman–Crippen MR) is 114 cm³/mol. The molecule has 0 heterocycles. The van der Waals surface area contributed by atoms with E-state index in [1.165, 1.54) is 0 Å². The van der Waals surface area contributed by atoms with Gasteiger partial charge in [-0.15, -0.1) is 0 Å². The Morgan fingerprint density at radius 3 is 2.07 bits per heavy atom. The van der Waals surface area contributed by atoms with Crippen LogP contribution < -0.4 is 16.0 Å². The van der Waals surface area contributed by atoms with Crippen molar-refractivity contribution in [3.63, 3.8) is 0 Å². The molecule has 1 atom stereocenters. The van der Waals surface area contributed by atoms with Gasteiger partial charge < -0.3 is 16.0 Å². The van der Waals surface area contributed by atoms with Gasteiger partial charge in [0.2, 0.25) is 17.7 Å². The summed E-state index contributed by atoms with van der Waals surface area (Å²) in [6, 6.07) is 14.4. The van der Waals surface area contributed by atoms with E-state index in [1.54, 1.807) is 0 Å². The number of nitrogens with one attached hydrogen (secondary N) is 3. The number of aryl methyl sites for hydroxylation is 2. The van der Waals surface area contributed by atoms with Gasteiger partial charge in [0.05, 0.1) is 13.0 Å². The molecule has 0 aromatic heterocycles. The van der Waals surface area contributed by atoms with E-state index in [-0.39, 0.29) is 36.6 Å². The van der Waals surface area contributed by atoms with E-state index in [1.807, 2.05) is 76.2 Å². The summed E-state index contributed by atoms with van der Waals surface area (Å²) in [6.45, 7) is 7.37. The fourth-order valence-electron chi connectivity index (χ4n) is 3.01. The van der Waals surface area contributed by atoms with Gasteiger partial charge in [0, 0.05) is 5.69 Å². The maximum absolute atomic E-state index is 12.6. The molecule has 6 nitrogen and oxygen atoms in total. The number of amides is 3. The highest BCUT2D eigenvalue weighted by atomic mass is 16.2. The summed E-state index contributed by atoms with van der Waals surface area (Å²) in [5, 5.41) is 8.23. The molecule has 0 fully saturated rings. The highest BCUT2D eigenvalue weighted by Crippen LogP contribution is 2.19. The number of para-hydroxylation sites is 1. The lowest BCUT2D eigenvalue weighted by atomic mass is 10.0. The zero-order valence-corrected chi connectivity index (χ0v) is 17.4. The highest BCUT2D eigenvalue weighted by Gasteiger charge is 2.24. The van der Waals surface area contributed by atoms with Crippen LogP contribution in [0.5, 0.6) is 0 Å². The van der Waals surface area contributed by atoms with Crippen molar-refractivity contribution in [3.05, 3.63) is 65.2 Å². The van der Waals surface area contributed by atoms with Crippen molar-refractivity contribution >= 4 is 23.4 Å². The molecule has 0 radical (unpaired) electrons. The molecule has 2 aromatic rings. The first-order valence-corrected chi connectivity index (χ1v) is 9.75. The summed E-state index contributed by atoms with van der Waals surface area (Å²) in [5.41, 5.74) is 3.54. The fourth-order valence-corrected chi connectivity index (χ4v) is 3.01. The van der Waals surface area contributed by atoms with E-state index >= 15 is 0 Å². The highest BCUT2D eigenvalue weighted by molar-refractivity contribution is 5.97. The minimum atomic E-state index is -0.709. The normalized spacial score (nSPS) is 11.6. The Morgan fingerprint density at radius 1 is 0.862 bits per heavy atom. The summed E-state index contributed by atoms with van der Waals surface area (Å²) in [6.07, 6.45) is 0.199. The van der Waals surface area contributed by atoms with Crippen LogP contribution in [-0.2, 0) is 20.8 Å². The van der Waals surface area contributed by atoms with Crippen LogP contribution in [0.25, 0.3) is 0 Å². The van der Waals surface area contributed by atoms with Crippen molar-refractivity contribution in [2.24, 2.45) is 5.92 Å². The zero-order chi connectivity index (χ0) is 21.4. The Labute approximate surface area is 172 Å². The van der Waals surface area contributed by atoms with Gasteiger partial charge in [0.1, 0.15) is 6.04 Å². The number of anilines is 1. The van der Waals surface area contributed by atoms with Crippen LogP contribution >= 0.6 is 0 Å². The summed E-state index contributed by atoms with van der Waals surface area (Å²) in [4.78, 5) is 37.1. The van der Waals surface area contributed by atoms with Gasteiger partial charge in [-0.05, 0) is 36.5 Å². The second kappa shape index (κ2) is 10.4. The van der Waals surface area contributed by atoms with Crippen molar-refractivity contribution in [2.75, 3.05) is 11.9 Å². The molecule has 0 saturated heterocycles. The molecule has 29 heavy (non-hydrogen) atoms. The first-order valence-electron chi connectivity index (χ1n) is 9.75. The van der Waals surface area contributed by atoms with Crippen molar-refractivity contribution in [3.8, 4) is 0 Å². The van der Waals surface area contributed by atoms with Gasteiger partial charge in [-0.1, -0.05) is 62.4 Å². The number of rotatable bonds is 8. The summed E-state index contributed by atoms with van der Waals surface area (Å²) < 4.78 is 0. The minimum absolute atomic E-state index is 0.114. The molecule has 3 N–H and O–H groups in total. The number of hydrogen-bond acceptors (Lipinski definition) is 3. The number of benzene rings is 2. The zero-order valence-electron chi connectivity index (χ0n) is 17.4. The SMILES string of the molecule is Cc1cccc(C)c1NC(=O)CNC(=O)[C@H](NC(=O)Cc1ccccc1)C(C)C. The largest absolute Gasteiger partial charge is 0.345 e. The lowest BCUT2D eigenvalue weighted by molar-refractivity contribution is -0.130. The fraction of sp³-hybridized carbons (Fsp3) is 0.348. The van der Waals surface area contributed by atoms with Crippen LogP contribution in [0.1, 0.15) is 30.5 Å². The van der Waals surface area contributed by atoms with Crippen molar-refractivity contribution in [1.82, 2.24) is 10.6 Å². The Hall–Kier alpha value is -3.15. The monoisotopic (exact) mass is 395 g/mol. The molecule has 0 aliphatic rings. The molecule has 3 amide bonds. The van der Waals surface area contributed by atoms with Gasteiger partial charge in [-0.2, -0.15) is 0 Å². The molecule has 0 aliphatic heterocycles. The van der Waals surface area contributed by atoms with Crippen LogP contribution in [0.3, 0.4) is 0 Å². The van der Waals surface area contributed by atoms with Crippen LogP contribution in [0.4, 0.5) is 5.69 Å². The third-order valence-electron chi connectivity index (χ3n) is 4.64. The molecular weight excluding hydrogens is 366 g/mol. The number of carbonyl (C=O) groups excluding carboxylic acids is 3. The molecular formula is C23H29N3O3. The topological polar surface area (TPSA) is 87.3 Å². The van der Waals surface area contributed by atoms with E-state index in [0.717, 1.165) is 22.4 Å². The van der Waals surface area contributed by atoms with E-state index in [4.69, 9.17) is 0 Å². The second-order valence-corrected chi connectivity index (χ2v) is 7.48. The van der Waals surface area contributed by atoms with Gasteiger partial charge in [0.15, 0.2) is 0 Å². The molecule has 2 rings (SSSR count). The molecule has 0 aliphatic carbocycles. The molecule has 2 aromatic carbocycles. The molecule has 0 saturated carbocycles. The van der Waals surface area contributed by atoms with Gasteiger partial charge >= 0.3 is 0 Å². The van der Waals surface area contributed by atoms with Gasteiger partial charge in [-0.25, -0.2) is 0 Å². The average Bonchev–Trinajstić information content (AvgIpc) is 2.68. The van der Waals surface area contributed by atoms with Gasteiger partial charge in [0.25, 0.3) is 0 Å². The Balaban J connectivity index is 1.90. The Bertz CT molecular complexity index is 843. The Kier molecular flexibility index (Phi) is 7.95.